The lowest BCUT2D eigenvalue weighted by Crippen LogP contribution is -2.35. The summed E-state index contributed by atoms with van der Waals surface area (Å²) in [5.41, 5.74) is 1.96. The molecule has 2 aromatic heterocycles. The van der Waals surface area contributed by atoms with E-state index < -0.39 is 15.4 Å². The zero-order valence-corrected chi connectivity index (χ0v) is 18.3. The summed E-state index contributed by atoms with van der Waals surface area (Å²) in [5.74, 6) is -0.251. The first-order chi connectivity index (χ1) is 14.3. The van der Waals surface area contributed by atoms with Gasteiger partial charge in [-0.15, -0.1) is 11.3 Å². The number of amides is 1. The third kappa shape index (κ3) is 4.36. The highest BCUT2D eigenvalue weighted by molar-refractivity contribution is 7.93. The predicted octanol–water partition coefficient (Wildman–Crippen LogP) is 4.03. The minimum absolute atomic E-state index is 0.251. The summed E-state index contributed by atoms with van der Waals surface area (Å²) in [6.07, 6.45) is 2.98. The monoisotopic (exact) mass is 442 g/mol. The Kier molecular flexibility index (Phi) is 5.33. The van der Waals surface area contributed by atoms with Crippen LogP contribution in [0.2, 0.25) is 0 Å². The summed E-state index contributed by atoms with van der Waals surface area (Å²) in [6.45, 7) is 3.50. The molecule has 1 aromatic carbocycles. The summed E-state index contributed by atoms with van der Waals surface area (Å²) in [4.78, 5) is 21.7. The number of nitrogens with one attached hydrogen (secondary N) is 2. The maximum Gasteiger partial charge on any atom is 0.237 e. The molecule has 0 bridgehead atoms. The lowest BCUT2D eigenvalue weighted by molar-refractivity contribution is -0.120. The molecule has 30 heavy (non-hydrogen) atoms. The highest BCUT2D eigenvalue weighted by atomic mass is 32.2. The number of rotatable bonds is 7. The first kappa shape index (κ1) is 20.5. The van der Waals surface area contributed by atoms with Gasteiger partial charge in [0.15, 0.2) is 5.13 Å². The number of carbonyl (C=O) groups is 1. The van der Waals surface area contributed by atoms with Crippen molar-refractivity contribution < 1.29 is 13.2 Å². The molecule has 7 nitrogen and oxygen atoms in total. The molecule has 0 saturated heterocycles. The first-order valence-electron chi connectivity index (χ1n) is 9.56. The van der Waals surface area contributed by atoms with E-state index in [0.717, 1.165) is 11.3 Å². The van der Waals surface area contributed by atoms with Gasteiger partial charge in [0.1, 0.15) is 0 Å². The summed E-state index contributed by atoms with van der Waals surface area (Å²) in [6, 6.07) is 13.4. The van der Waals surface area contributed by atoms with Crippen LogP contribution in [-0.4, -0.2) is 29.5 Å². The van der Waals surface area contributed by atoms with Gasteiger partial charge in [-0.3, -0.25) is 14.5 Å². The van der Waals surface area contributed by atoms with Crippen LogP contribution in [0, 0.1) is 0 Å². The van der Waals surface area contributed by atoms with Gasteiger partial charge in [-0.25, -0.2) is 13.4 Å². The van der Waals surface area contributed by atoms with Crippen LogP contribution in [0.15, 0.2) is 54.0 Å². The smallest absolute Gasteiger partial charge is 0.237 e. The van der Waals surface area contributed by atoms with Crippen LogP contribution in [0.1, 0.15) is 32.4 Å². The number of pyridine rings is 1. The van der Waals surface area contributed by atoms with E-state index in [2.05, 4.69) is 20.0 Å². The van der Waals surface area contributed by atoms with E-state index in [4.69, 9.17) is 0 Å². The molecule has 156 valence electrons. The van der Waals surface area contributed by atoms with E-state index in [1.807, 2.05) is 36.4 Å². The zero-order chi connectivity index (χ0) is 21.4. The Labute approximate surface area is 179 Å². The van der Waals surface area contributed by atoms with Gasteiger partial charge in [-0.05, 0) is 38.8 Å². The van der Waals surface area contributed by atoms with Crippen molar-refractivity contribution in [3.05, 3.63) is 59.7 Å². The number of anilines is 2. The quantitative estimate of drug-likeness (QED) is 0.575. The first-order valence-corrected chi connectivity index (χ1v) is 12.0. The van der Waals surface area contributed by atoms with Crippen molar-refractivity contribution in [2.24, 2.45) is 0 Å². The fraction of sp³-hybridized carbons (Fsp3) is 0.286. The molecule has 3 aromatic rings. The van der Waals surface area contributed by atoms with Crippen molar-refractivity contribution in [3.63, 3.8) is 0 Å². The SMILES string of the molecule is CC(C)(C(=O)Nc1ccc(-c2ccccc2)nc1)c1csc(NS(=O)(=O)C2CC2)n1. The summed E-state index contributed by atoms with van der Waals surface area (Å²) in [5, 5.41) is 4.54. The molecule has 0 aliphatic heterocycles. The van der Waals surface area contributed by atoms with Crippen LogP contribution in [-0.2, 0) is 20.2 Å². The number of aromatic nitrogens is 2. The normalized spacial score (nSPS) is 14.3. The minimum Gasteiger partial charge on any atom is -0.324 e. The lowest BCUT2D eigenvalue weighted by atomic mass is 9.89. The standard InChI is InChI=1S/C21H22N4O3S2/c1-21(2,18-13-29-20(24-18)25-30(27,28)16-9-10-16)19(26)23-15-8-11-17(22-12-15)14-6-4-3-5-7-14/h3-8,11-13,16H,9-10H2,1-2H3,(H,23,26)(H,24,25). The highest BCUT2D eigenvalue weighted by Gasteiger charge is 2.37. The number of sulfonamides is 1. The molecule has 2 N–H and O–H groups in total. The number of hydrogen-bond donors (Lipinski definition) is 2. The number of nitrogens with zero attached hydrogens (tertiary/aromatic N) is 2. The van der Waals surface area contributed by atoms with Gasteiger partial charge < -0.3 is 5.32 Å². The molecule has 0 radical (unpaired) electrons. The molecule has 1 saturated carbocycles. The Balaban J connectivity index is 1.45. The Hall–Kier alpha value is -2.78. The topological polar surface area (TPSA) is 101 Å². The lowest BCUT2D eigenvalue weighted by Gasteiger charge is -2.21. The van der Waals surface area contributed by atoms with Gasteiger partial charge in [0.2, 0.25) is 15.9 Å². The highest BCUT2D eigenvalue weighted by Crippen LogP contribution is 2.33. The second kappa shape index (κ2) is 7.81. The fourth-order valence-corrected chi connectivity index (χ4v) is 5.32. The van der Waals surface area contributed by atoms with Crippen molar-refractivity contribution in [1.82, 2.24) is 9.97 Å². The van der Waals surface area contributed by atoms with Crippen LogP contribution in [0.3, 0.4) is 0 Å². The van der Waals surface area contributed by atoms with Crippen molar-refractivity contribution in [3.8, 4) is 11.3 Å². The third-order valence-electron chi connectivity index (χ3n) is 5.00. The van der Waals surface area contributed by atoms with Crippen molar-refractivity contribution in [2.75, 3.05) is 10.0 Å². The van der Waals surface area contributed by atoms with E-state index >= 15 is 0 Å². The number of hydrogen-bond acceptors (Lipinski definition) is 6. The van der Waals surface area contributed by atoms with E-state index in [9.17, 15) is 13.2 Å². The molecule has 1 amide bonds. The van der Waals surface area contributed by atoms with Crippen LogP contribution in [0.4, 0.5) is 10.8 Å². The maximum absolute atomic E-state index is 12.9. The maximum atomic E-state index is 12.9. The van der Waals surface area contributed by atoms with Gasteiger partial charge in [-0.1, -0.05) is 30.3 Å². The van der Waals surface area contributed by atoms with Crippen LogP contribution in [0.5, 0.6) is 0 Å². The summed E-state index contributed by atoms with van der Waals surface area (Å²) < 4.78 is 26.7. The van der Waals surface area contributed by atoms with Crippen LogP contribution in [0.25, 0.3) is 11.3 Å². The molecule has 9 heteroatoms. The Morgan fingerprint density at radius 2 is 1.87 bits per heavy atom. The molecule has 1 fully saturated rings. The molecule has 0 spiro atoms. The van der Waals surface area contributed by atoms with Crippen LogP contribution >= 0.6 is 11.3 Å². The largest absolute Gasteiger partial charge is 0.324 e. The molecule has 1 aliphatic carbocycles. The molecule has 4 rings (SSSR count). The molecule has 0 atom stereocenters. The van der Waals surface area contributed by atoms with Crippen molar-refractivity contribution >= 4 is 38.1 Å². The van der Waals surface area contributed by atoms with E-state index in [1.54, 1.807) is 31.5 Å². The molecular weight excluding hydrogens is 420 g/mol. The van der Waals surface area contributed by atoms with Crippen molar-refractivity contribution in [2.45, 2.75) is 37.4 Å². The number of benzene rings is 1. The van der Waals surface area contributed by atoms with Gasteiger partial charge in [0.25, 0.3) is 0 Å². The molecule has 1 aliphatic rings. The van der Waals surface area contributed by atoms with E-state index in [-0.39, 0.29) is 16.3 Å². The second-order valence-electron chi connectivity index (χ2n) is 7.76. The molecule has 0 unspecified atom stereocenters. The summed E-state index contributed by atoms with van der Waals surface area (Å²) >= 11 is 1.18. The third-order valence-corrected chi connectivity index (χ3v) is 7.71. The average Bonchev–Trinajstić information content (AvgIpc) is 3.50. The average molecular weight is 443 g/mol. The summed E-state index contributed by atoms with van der Waals surface area (Å²) in [7, 11) is -3.38. The van der Waals surface area contributed by atoms with Crippen molar-refractivity contribution in [1.29, 1.82) is 0 Å². The zero-order valence-electron chi connectivity index (χ0n) is 16.6. The fourth-order valence-electron chi connectivity index (χ4n) is 2.84. The molecular formula is C21H22N4O3S2. The Morgan fingerprint density at radius 1 is 1.13 bits per heavy atom. The molecule has 2 heterocycles. The number of carbonyl (C=O) groups excluding carboxylic acids is 1. The minimum atomic E-state index is -3.38. The van der Waals surface area contributed by atoms with E-state index in [1.165, 1.54) is 11.3 Å². The predicted molar refractivity (Wildman–Crippen MR) is 119 cm³/mol. The van der Waals surface area contributed by atoms with Gasteiger partial charge >= 0.3 is 0 Å². The second-order valence-corrected chi connectivity index (χ2v) is 10.6. The number of thiazole rings is 1. The Bertz CT molecular complexity index is 1150. The van der Waals surface area contributed by atoms with Gasteiger partial charge in [0.05, 0.1) is 33.9 Å². The van der Waals surface area contributed by atoms with Gasteiger partial charge in [-0.2, -0.15) is 0 Å². The van der Waals surface area contributed by atoms with E-state index in [0.29, 0.717) is 24.2 Å². The Morgan fingerprint density at radius 3 is 2.50 bits per heavy atom. The van der Waals surface area contributed by atoms with Gasteiger partial charge in [0, 0.05) is 10.9 Å². The van der Waals surface area contributed by atoms with Crippen LogP contribution < -0.4 is 10.0 Å².